The lowest BCUT2D eigenvalue weighted by Gasteiger charge is -2.21. The number of hydrogen-bond acceptors (Lipinski definition) is 2. The quantitative estimate of drug-likeness (QED) is 0.782. The van der Waals surface area contributed by atoms with Crippen LogP contribution in [0.25, 0.3) is 0 Å². The second-order valence-electron chi connectivity index (χ2n) is 5.22. The van der Waals surface area contributed by atoms with Crippen LogP contribution in [0.1, 0.15) is 45.3 Å². The summed E-state index contributed by atoms with van der Waals surface area (Å²) in [5, 5.41) is 3.44. The summed E-state index contributed by atoms with van der Waals surface area (Å²) in [6.45, 7) is 8.53. The molecule has 0 atom stereocenters. The molecule has 1 N–H and O–H groups in total. The van der Waals surface area contributed by atoms with Crippen LogP contribution in [0, 0.1) is 6.92 Å². The van der Waals surface area contributed by atoms with Crippen molar-refractivity contribution < 1.29 is 0 Å². The Bertz CT molecular complexity index is 329. The van der Waals surface area contributed by atoms with Gasteiger partial charge in [0.1, 0.15) is 0 Å². The van der Waals surface area contributed by atoms with Crippen molar-refractivity contribution in [2.75, 3.05) is 5.32 Å². The van der Waals surface area contributed by atoms with Crippen LogP contribution < -0.4 is 5.32 Å². The molecule has 1 aromatic rings. The third-order valence-corrected chi connectivity index (χ3v) is 2.28. The predicted octanol–water partition coefficient (Wildman–Crippen LogP) is 2.74. The van der Waals surface area contributed by atoms with E-state index in [0.717, 1.165) is 11.6 Å². The van der Waals surface area contributed by atoms with Crippen molar-refractivity contribution in [3.63, 3.8) is 0 Å². The van der Waals surface area contributed by atoms with E-state index in [-0.39, 0.29) is 5.54 Å². The van der Waals surface area contributed by atoms with Gasteiger partial charge in [0, 0.05) is 17.8 Å². The minimum absolute atomic E-state index is 0.0877. The molecule has 1 heterocycles. The molecule has 0 spiro atoms. The first-order chi connectivity index (χ1) is 6.46. The van der Waals surface area contributed by atoms with Crippen LogP contribution in [0.3, 0.4) is 0 Å². The molecule has 1 aromatic heterocycles. The van der Waals surface area contributed by atoms with Crippen LogP contribution in [0.4, 0.5) is 5.95 Å². The number of rotatable bonds is 2. The average Bonchev–Trinajstić information content (AvgIpc) is 2.75. The van der Waals surface area contributed by atoms with Gasteiger partial charge in [-0.25, -0.2) is 4.98 Å². The third-order valence-electron chi connectivity index (χ3n) is 2.28. The van der Waals surface area contributed by atoms with Crippen LogP contribution >= 0.6 is 0 Å². The molecular formula is C11H19N3. The lowest BCUT2D eigenvalue weighted by atomic mass is 10.1. The Morgan fingerprint density at radius 2 is 2.07 bits per heavy atom. The second-order valence-corrected chi connectivity index (χ2v) is 5.22. The van der Waals surface area contributed by atoms with Gasteiger partial charge >= 0.3 is 0 Å². The molecule has 0 amide bonds. The number of nitrogens with one attached hydrogen (secondary N) is 1. The first-order valence-electron chi connectivity index (χ1n) is 5.29. The van der Waals surface area contributed by atoms with E-state index in [0.29, 0.717) is 6.04 Å². The Balaban J connectivity index is 2.22. The highest BCUT2D eigenvalue weighted by Crippen LogP contribution is 2.37. The summed E-state index contributed by atoms with van der Waals surface area (Å²) in [5.41, 5.74) is 1.19. The van der Waals surface area contributed by atoms with Crippen molar-refractivity contribution in [1.29, 1.82) is 0 Å². The van der Waals surface area contributed by atoms with E-state index in [1.165, 1.54) is 12.8 Å². The first kappa shape index (κ1) is 9.56. The van der Waals surface area contributed by atoms with Crippen LogP contribution in [0.5, 0.6) is 0 Å². The fourth-order valence-corrected chi connectivity index (χ4v) is 1.58. The van der Waals surface area contributed by atoms with Crippen LogP contribution in [0.2, 0.25) is 0 Å². The van der Waals surface area contributed by atoms with Gasteiger partial charge < -0.3 is 9.88 Å². The summed E-state index contributed by atoms with van der Waals surface area (Å²) in [4.78, 5) is 4.51. The number of imidazole rings is 1. The first-order valence-corrected chi connectivity index (χ1v) is 5.29. The van der Waals surface area contributed by atoms with Crippen molar-refractivity contribution >= 4 is 5.95 Å². The zero-order chi connectivity index (χ0) is 10.3. The summed E-state index contributed by atoms with van der Waals surface area (Å²) in [7, 11) is 0. The molecule has 2 rings (SSSR count). The summed E-state index contributed by atoms with van der Waals surface area (Å²) >= 11 is 0. The molecule has 3 heteroatoms. The maximum atomic E-state index is 4.51. The smallest absolute Gasteiger partial charge is 0.203 e. The topological polar surface area (TPSA) is 29.9 Å². The van der Waals surface area contributed by atoms with Gasteiger partial charge in [0.25, 0.3) is 0 Å². The number of nitrogens with zero attached hydrogens (tertiary/aromatic N) is 2. The molecule has 0 bridgehead atoms. The van der Waals surface area contributed by atoms with Crippen molar-refractivity contribution in [3.8, 4) is 0 Å². The fourth-order valence-electron chi connectivity index (χ4n) is 1.58. The summed E-state index contributed by atoms with van der Waals surface area (Å²) in [6, 6.07) is 0.695. The minimum Gasteiger partial charge on any atom is -0.351 e. The lowest BCUT2D eigenvalue weighted by Crippen LogP contribution is -2.28. The average molecular weight is 193 g/mol. The van der Waals surface area contributed by atoms with Gasteiger partial charge in [-0.3, -0.25) is 0 Å². The van der Waals surface area contributed by atoms with E-state index in [4.69, 9.17) is 0 Å². The summed E-state index contributed by atoms with van der Waals surface area (Å²) in [5.74, 6) is 1.03. The van der Waals surface area contributed by atoms with Crippen LogP contribution in [-0.4, -0.2) is 15.1 Å². The molecule has 0 aliphatic heterocycles. The van der Waals surface area contributed by atoms with Crippen LogP contribution in [-0.2, 0) is 0 Å². The molecule has 1 aliphatic rings. The number of aromatic nitrogens is 2. The van der Waals surface area contributed by atoms with E-state index in [1.807, 2.05) is 6.92 Å². The highest BCUT2D eigenvalue weighted by atomic mass is 15.2. The van der Waals surface area contributed by atoms with Gasteiger partial charge in [0.05, 0.1) is 5.69 Å². The fraction of sp³-hybridized carbons (Fsp3) is 0.727. The third kappa shape index (κ3) is 2.08. The standard InChI is InChI=1S/C11H19N3/c1-8-7-14(9-5-6-9)10(12-8)13-11(2,3)4/h7,9H,5-6H2,1-4H3,(H,12,13). The van der Waals surface area contributed by atoms with Crippen molar-refractivity contribution in [3.05, 3.63) is 11.9 Å². The molecule has 0 unspecified atom stereocenters. The van der Waals surface area contributed by atoms with E-state index >= 15 is 0 Å². The summed E-state index contributed by atoms with van der Waals surface area (Å²) < 4.78 is 2.28. The molecule has 78 valence electrons. The van der Waals surface area contributed by atoms with Gasteiger partial charge in [0.15, 0.2) is 0 Å². The molecule has 3 nitrogen and oxygen atoms in total. The van der Waals surface area contributed by atoms with Gasteiger partial charge in [-0.1, -0.05) is 0 Å². The highest BCUT2D eigenvalue weighted by molar-refractivity contribution is 5.33. The molecule has 0 aromatic carbocycles. The molecule has 0 saturated heterocycles. The van der Waals surface area contributed by atoms with Crippen LogP contribution in [0.15, 0.2) is 6.20 Å². The Kier molecular flexibility index (Phi) is 2.05. The predicted molar refractivity (Wildman–Crippen MR) is 58.6 cm³/mol. The Labute approximate surface area is 85.5 Å². The molecule has 14 heavy (non-hydrogen) atoms. The van der Waals surface area contributed by atoms with E-state index in [9.17, 15) is 0 Å². The highest BCUT2D eigenvalue weighted by Gasteiger charge is 2.27. The normalized spacial score (nSPS) is 17.1. The second kappa shape index (κ2) is 3.01. The number of anilines is 1. The summed E-state index contributed by atoms with van der Waals surface area (Å²) in [6.07, 6.45) is 4.75. The van der Waals surface area contributed by atoms with Gasteiger partial charge in [-0.2, -0.15) is 0 Å². The monoisotopic (exact) mass is 193 g/mol. The van der Waals surface area contributed by atoms with Gasteiger partial charge in [-0.15, -0.1) is 0 Å². The zero-order valence-corrected chi connectivity index (χ0v) is 9.46. The molecule has 1 aliphatic carbocycles. The zero-order valence-electron chi connectivity index (χ0n) is 9.46. The Hall–Kier alpha value is -0.990. The number of hydrogen-bond donors (Lipinski definition) is 1. The van der Waals surface area contributed by atoms with Gasteiger partial charge in [-0.05, 0) is 40.5 Å². The van der Waals surface area contributed by atoms with Crippen molar-refractivity contribution in [1.82, 2.24) is 9.55 Å². The molecular weight excluding hydrogens is 174 g/mol. The van der Waals surface area contributed by atoms with E-state index < -0.39 is 0 Å². The molecule has 0 radical (unpaired) electrons. The molecule has 1 fully saturated rings. The van der Waals surface area contributed by atoms with Gasteiger partial charge in [0.2, 0.25) is 5.95 Å². The Morgan fingerprint density at radius 3 is 2.57 bits per heavy atom. The minimum atomic E-state index is 0.0877. The Morgan fingerprint density at radius 1 is 1.43 bits per heavy atom. The number of aryl methyl sites for hydroxylation is 1. The van der Waals surface area contributed by atoms with Crippen molar-refractivity contribution in [2.45, 2.75) is 52.1 Å². The van der Waals surface area contributed by atoms with E-state index in [1.54, 1.807) is 0 Å². The molecule has 1 saturated carbocycles. The lowest BCUT2D eigenvalue weighted by molar-refractivity contribution is 0.610. The van der Waals surface area contributed by atoms with Crippen molar-refractivity contribution in [2.24, 2.45) is 0 Å². The maximum Gasteiger partial charge on any atom is 0.203 e. The maximum absolute atomic E-state index is 4.51. The largest absolute Gasteiger partial charge is 0.351 e. The SMILES string of the molecule is Cc1cn(C2CC2)c(NC(C)(C)C)n1. The van der Waals surface area contributed by atoms with E-state index in [2.05, 4.69) is 41.8 Å².